The summed E-state index contributed by atoms with van der Waals surface area (Å²) in [6, 6.07) is 6.37. The smallest absolute Gasteiger partial charge is 0.226 e. The van der Waals surface area contributed by atoms with Crippen LogP contribution in [0.4, 0.5) is 5.69 Å². The number of hydrogen-bond acceptors (Lipinski definition) is 4. The van der Waals surface area contributed by atoms with E-state index < -0.39 is 0 Å². The lowest BCUT2D eigenvalue weighted by Crippen LogP contribution is -2.44. The van der Waals surface area contributed by atoms with Crippen molar-refractivity contribution >= 4 is 45.1 Å². The molecule has 2 aliphatic heterocycles. The second-order valence-electron chi connectivity index (χ2n) is 8.70. The van der Waals surface area contributed by atoms with Crippen molar-refractivity contribution in [2.75, 3.05) is 24.5 Å². The predicted octanol–water partition coefficient (Wildman–Crippen LogP) is 3.88. The van der Waals surface area contributed by atoms with E-state index in [1.54, 1.807) is 6.20 Å². The lowest BCUT2D eigenvalue weighted by Gasteiger charge is -2.39. The van der Waals surface area contributed by atoms with Gasteiger partial charge in [-0.2, -0.15) is 5.10 Å². The van der Waals surface area contributed by atoms with E-state index in [0.29, 0.717) is 5.02 Å². The fraction of sp³-hybridized carbons (Fsp3) is 0.348. The van der Waals surface area contributed by atoms with Crippen LogP contribution in [0.3, 0.4) is 0 Å². The van der Waals surface area contributed by atoms with Crippen LogP contribution in [-0.2, 0) is 11.8 Å². The summed E-state index contributed by atoms with van der Waals surface area (Å²) < 4.78 is 1.88. The summed E-state index contributed by atoms with van der Waals surface area (Å²) in [5.41, 5.74) is 4.89. The first-order chi connectivity index (χ1) is 15.1. The maximum absolute atomic E-state index is 12.5. The van der Waals surface area contributed by atoms with Crippen LogP contribution in [0, 0.1) is 5.41 Å². The highest BCUT2D eigenvalue weighted by molar-refractivity contribution is 6.37. The van der Waals surface area contributed by atoms with E-state index in [2.05, 4.69) is 43.5 Å². The Balaban J connectivity index is 1.47. The van der Waals surface area contributed by atoms with Crippen molar-refractivity contribution in [3.05, 3.63) is 41.8 Å². The van der Waals surface area contributed by atoms with Crippen LogP contribution in [0.2, 0.25) is 5.02 Å². The molecule has 0 saturated carbocycles. The van der Waals surface area contributed by atoms with Crippen molar-refractivity contribution in [3.8, 4) is 11.1 Å². The van der Waals surface area contributed by atoms with Gasteiger partial charge in [0.05, 0.1) is 33.2 Å². The molecule has 0 radical (unpaired) electrons. The van der Waals surface area contributed by atoms with E-state index in [9.17, 15) is 4.79 Å². The molecule has 0 unspecified atom stereocenters. The van der Waals surface area contributed by atoms with Gasteiger partial charge in [0, 0.05) is 50.0 Å². The number of rotatable bonds is 2. The van der Waals surface area contributed by atoms with Crippen molar-refractivity contribution in [2.24, 2.45) is 12.5 Å². The first-order valence-corrected chi connectivity index (χ1v) is 11.0. The number of amides is 1. The summed E-state index contributed by atoms with van der Waals surface area (Å²) in [7, 11) is 1.95. The summed E-state index contributed by atoms with van der Waals surface area (Å²) in [5.74, 6) is 0.217. The van der Waals surface area contributed by atoms with E-state index in [-0.39, 0.29) is 11.3 Å². The quantitative estimate of drug-likeness (QED) is 0.502. The summed E-state index contributed by atoms with van der Waals surface area (Å²) in [4.78, 5) is 22.7. The SMILES string of the molecule is Cn1ncc2cc(-c3cnc4[nH]cc(Cl)c4c3N3CCC4(CCNC4=O)CC3)ccc21. The molecule has 0 atom stereocenters. The largest absolute Gasteiger partial charge is 0.370 e. The van der Waals surface area contributed by atoms with Crippen LogP contribution in [0.25, 0.3) is 33.1 Å². The first-order valence-electron chi connectivity index (χ1n) is 10.7. The van der Waals surface area contributed by atoms with Crippen molar-refractivity contribution < 1.29 is 4.79 Å². The Morgan fingerprint density at radius 1 is 1.16 bits per heavy atom. The number of nitrogens with zero attached hydrogens (tertiary/aromatic N) is 4. The second kappa shape index (κ2) is 6.72. The zero-order valence-electron chi connectivity index (χ0n) is 17.3. The molecule has 8 heteroatoms. The van der Waals surface area contributed by atoms with Gasteiger partial charge in [0.1, 0.15) is 5.65 Å². The highest BCUT2D eigenvalue weighted by atomic mass is 35.5. The van der Waals surface area contributed by atoms with Gasteiger partial charge in [-0.15, -0.1) is 0 Å². The summed E-state index contributed by atoms with van der Waals surface area (Å²) in [6.07, 6.45) is 8.25. The number of piperidine rings is 1. The summed E-state index contributed by atoms with van der Waals surface area (Å²) >= 11 is 6.62. The normalized spacial score (nSPS) is 18.4. The molecular formula is C23H23ClN6O. The number of fused-ring (bicyclic) bond motifs is 2. The number of carbonyl (C=O) groups excluding carboxylic acids is 1. The van der Waals surface area contributed by atoms with Gasteiger partial charge >= 0.3 is 0 Å². The van der Waals surface area contributed by atoms with Crippen LogP contribution in [0.15, 0.2) is 36.8 Å². The highest BCUT2D eigenvalue weighted by Gasteiger charge is 2.44. The molecule has 0 aliphatic carbocycles. The monoisotopic (exact) mass is 434 g/mol. The molecule has 6 rings (SSSR count). The van der Waals surface area contributed by atoms with Gasteiger partial charge < -0.3 is 15.2 Å². The minimum atomic E-state index is -0.209. The van der Waals surface area contributed by atoms with Gasteiger partial charge in [-0.1, -0.05) is 17.7 Å². The summed E-state index contributed by atoms with van der Waals surface area (Å²) in [6.45, 7) is 2.42. The van der Waals surface area contributed by atoms with Crippen LogP contribution >= 0.6 is 11.6 Å². The molecule has 1 aromatic carbocycles. The number of aromatic amines is 1. The van der Waals surface area contributed by atoms with Gasteiger partial charge in [0.15, 0.2) is 0 Å². The van der Waals surface area contributed by atoms with Crippen molar-refractivity contribution in [1.82, 2.24) is 25.1 Å². The molecule has 1 amide bonds. The van der Waals surface area contributed by atoms with E-state index in [0.717, 1.165) is 77.6 Å². The maximum Gasteiger partial charge on any atom is 0.226 e. The molecule has 1 spiro atoms. The van der Waals surface area contributed by atoms with Crippen molar-refractivity contribution in [3.63, 3.8) is 0 Å². The van der Waals surface area contributed by atoms with E-state index in [1.807, 2.05) is 24.1 Å². The number of hydrogen-bond donors (Lipinski definition) is 2. The molecule has 3 aromatic heterocycles. The van der Waals surface area contributed by atoms with Gasteiger partial charge in [-0.05, 0) is 37.0 Å². The minimum Gasteiger partial charge on any atom is -0.370 e. The van der Waals surface area contributed by atoms with E-state index >= 15 is 0 Å². The van der Waals surface area contributed by atoms with Crippen LogP contribution in [0.5, 0.6) is 0 Å². The van der Waals surface area contributed by atoms with Crippen LogP contribution in [-0.4, -0.2) is 45.3 Å². The molecule has 158 valence electrons. The highest BCUT2D eigenvalue weighted by Crippen LogP contribution is 2.45. The van der Waals surface area contributed by atoms with Gasteiger partial charge in [0.25, 0.3) is 0 Å². The Bertz CT molecular complexity index is 1330. The number of anilines is 1. The Labute approximate surface area is 184 Å². The third-order valence-electron chi connectivity index (χ3n) is 7.09. The summed E-state index contributed by atoms with van der Waals surface area (Å²) in [5, 5.41) is 10.1. The molecule has 4 aromatic rings. The Morgan fingerprint density at radius 3 is 2.77 bits per heavy atom. The minimum absolute atomic E-state index is 0.209. The van der Waals surface area contributed by atoms with Crippen LogP contribution in [0.1, 0.15) is 19.3 Å². The lowest BCUT2D eigenvalue weighted by molar-refractivity contribution is -0.128. The second-order valence-corrected chi connectivity index (χ2v) is 9.10. The number of carbonyl (C=O) groups is 1. The molecule has 2 N–H and O–H groups in total. The van der Waals surface area contributed by atoms with E-state index in [1.165, 1.54) is 0 Å². The molecule has 2 aliphatic rings. The Morgan fingerprint density at radius 2 is 2.00 bits per heavy atom. The van der Waals surface area contributed by atoms with Crippen LogP contribution < -0.4 is 10.2 Å². The Kier molecular flexibility index (Phi) is 4.05. The van der Waals surface area contributed by atoms with Crippen molar-refractivity contribution in [2.45, 2.75) is 19.3 Å². The zero-order valence-corrected chi connectivity index (χ0v) is 18.0. The number of H-pyrrole nitrogens is 1. The predicted molar refractivity (Wildman–Crippen MR) is 122 cm³/mol. The van der Waals surface area contributed by atoms with Gasteiger partial charge in [-0.3, -0.25) is 9.48 Å². The molecule has 31 heavy (non-hydrogen) atoms. The fourth-order valence-corrected chi connectivity index (χ4v) is 5.50. The lowest BCUT2D eigenvalue weighted by atomic mass is 9.77. The molecule has 5 heterocycles. The fourth-order valence-electron chi connectivity index (χ4n) is 5.26. The average Bonchev–Trinajstić information content (AvgIpc) is 3.46. The number of benzene rings is 1. The molecule has 2 saturated heterocycles. The third-order valence-corrected chi connectivity index (χ3v) is 7.39. The molecule has 0 bridgehead atoms. The number of aromatic nitrogens is 4. The average molecular weight is 435 g/mol. The Hall–Kier alpha value is -3.06. The molecular weight excluding hydrogens is 412 g/mol. The third kappa shape index (κ3) is 2.76. The van der Waals surface area contributed by atoms with Crippen molar-refractivity contribution in [1.29, 1.82) is 0 Å². The first kappa shape index (κ1) is 18.7. The number of nitrogens with one attached hydrogen (secondary N) is 2. The maximum atomic E-state index is 12.5. The van der Waals surface area contributed by atoms with Gasteiger partial charge in [-0.25, -0.2) is 4.98 Å². The van der Waals surface area contributed by atoms with E-state index in [4.69, 9.17) is 11.6 Å². The topological polar surface area (TPSA) is 78.8 Å². The zero-order chi connectivity index (χ0) is 21.2. The van der Waals surface area contributed by atoms with Gasteiger partial charge in [0.2, 0.25) is 5.91 Å². The number of pyridine rings is 1. The molecule has 7 nitrogen and oxygen atoms in total. The number of aryl methyl sites for hydroxylation is 1. The standard InChI is InChI=1S/C23H23ClN6O/c1-29-18-3-2-14(10-15(18)11-28-29)16-12-26-21-19(17(24)13-27-21)20(16)30-8-5-23(6-9-30)4-7-25-22(23)31/h2-3,10-13H,4-9H2,1H3,(H,25,31)(H,26,27). The number of halogens is 1. The molecule has 2 fully saturated rings.